The quantitative estimate of drug-likeness (QED) is 0.829. The summed E-state index contributed by atoms with van der Waals surface area (Å²) in [5.41, 5.74) is 0. The molecule has 1 aliphatic heterocycles. The average molecular weight is 252 g/mol. The highest BCUT2D eigenvalue weighted by molar-refractivity contribution is 4.91. The van der Waals surface area contributed by atoms with Gasteiger partial charge in [-0.2, -0.15) is 0 Å². The molecular formula is C16H32N2. The average Bonchev–Trinajstić information content (AvgIpc) is 2.41. The molecule has 2 fully saturated rings. The van der Waals surface area contributed by atoms with Gasteiger partial charge in [-0.3, -0.25) is 4.90 Å². The van der Waals surface area contributed by atoms with E-state index in [1.165, 1.54) is 45.1 Å². The van der Waals surface area contributed by atoms with E-state index in [0.29, 0.717) is 6.04 Å². The summed E-state index contributed by atoms with van der Waals surface area (Å²) in [4.78, 5) is 2.85. The van der Waals surface area contributed by atoms with Crippen LogP contribution in [0, 0.1) is 11.8 Å². The van der Waals surface area contributed by atoms with Crippen LogP contribution < -0.4 is 5.32 Å². The molecule has 0 spiro atoms. The molecule has 0 bridgehead atoms. The number of rotatable bonds is 3. The Morgan fingerprint density at radius 3 is 2.50 bits per heavy atom. The van der Waals surface area contributed by atoms with Gasteiger partial charge in [-0.15, -0.1) is 0 Å². The SMILES string of the molecule is CNC(C)C1CCCCN1C1CCC(C)C(C)C1. The topological polar surface area (TPSA) is 15.3 Å². The Balaban J connectivity index is 2.00. The molecule has 2 heteroatoms. The van der Waals surface area contributed by atoms with Gasteiger partial charge in [0.1, 0.15) is 0 Å². The Kier molecular flexibility index (Phi) is 5.08. The van der Waals surface area contributed by atoms with Gasteiger partial charge >= 0.3 is 0 Å². The van der Waals surface area contributed by atoms with Crippen LogP contribution in [0.2, 0.25) is 0 Å². The van der Waals surface area contributed by atoms with Crippen LogP contribution in [-0.4, -0.2) is 36.6 Å². The van der Waals surface area contributed by atoms with Crippen LogP contribution in [0.5, 0.6) is 0 Å². The summed E-state index contributed by atoms with van der Waals surface area (Å²) in [5.74, 6) is 1.85. The second-order valence-electron chi connectivity index (χ2n) is 6.80. The Hall–Kier alpha value is -0.0800. The van der Waals surface area contributed by atoms with Crippen molar-refractivity contribution in [2.24, 2.45) is 11.8 Å². The van der Waals surface area contributed by atoms with E-state index in [1.807, 2.05) is 0 Å². The molecule has 0 radical (unpaired) electrons. The fourth-order valence-corrected chi connectivity index (χ4v) is 3.98. The minimum Gasteiger partial charge on any atom is -0.316 e. The third-order valence-electron chi connectivity index (χ3n) is 5.66. The number of nitrogens with zero attached hydrogens (tertiary/aromatic N) is 1. The van der Waals surface area contributed by atoms with Gasteiger partial charge < -0.3 is 5.32 Å². The van der Waals surface area contributed by atoms with E-state index < -0.39 is 0 Å². The van der Waals surface area contributed by atoms with Crippen molar-refractivity contribution in [2.75, 3.05) is 13.6 Å². The zero-order valence-corrected chi connectivity index (χ0v) is 12.8. The van der Waals surface area contributed by atoms with Crippen LogP contribution in [0.15, 0.2) is 0 Å². The second-order valence-corrected chi connectivity index (χ2v) is 6.80. The van der Waals surface area contributed by atoms with Gasteiger partial charge in [0.05, 0.1) is 0 Å². The fraction of sp³-hybridized carbons (Fsp3) is 1.00. The monoisotopic (exact) mass is 252 g/mol. The number of hydrogen-bond donors (Lipinski definition) is 1. The summed E-state index contributed by atoms with van der Waals surface area (Å²) in [7, 11) is 2.11. The molecule has 1 heterocycles. The van der Waals surface area contributed by atoms with E-state index in [0.717, 1.165) is 23.9 Å². The lowest BCUT2D eigenvalue weighted by Gasteiger charge is -2.47. The molecule has 5 unspecified atom stereocenters. The van der Waals surface area contributed by atoms with Gasteiger partial charge in [0.15, 0.2) is 0 Å². The van der Waals surface area contributed by atoms with Crippen LogP contribution >= 0.6 is 0 Å². The van der Waals surface area contributed by atoms with E-state index in [2.05, 4.69) is 38.0 Å². The van der Waals surface area contributed by atoms with Crippen molar-refractivity contribution < 1.29 is 0 Å². The van der Waals surface area contributed by atoms with Gasteiger partial charge in [-0.05, 0) is 64.5 Å². The maximum Gasteiger partial charge on any atom is 0.0249 e. The van der Waals surface area contributed by atoms with Gasteiger partial charge in [-0.25, -0.2) is 0 Å². The highest BCUT2D eigenvalue weighted by atomic mass is 15.2. The second kappa shape index (κ2) is 6.38. The van der Waals surface area contributed by atoms with E-state index in [4.69, 9.17) is 0 Å². The summed E-state index contributed by atoms with van der Waals surface area (Å²) < 4.78 is 0. The summed E-state index contributed by atoms with van der Waals surface area (Å²) in [6.07, 6.45) is 8.51. The van der Waals surface area contributed by atoms with E-state index >= 15 is 0 Å². The predicted molar refractivity (Wildman–Crippen MR) is 78.8 cm³/mol. The minimum atomic E-state index is 0.639. The molecule has 2 rings (SSSR count). The van der Waals surface area contributed by atoms with Crippen LogP contribution in [0.3, 0.4) is 0 Å². The lowest BCUT2D eigenvalue weighted by Crippen LogP contribution is -2.55. The molecule has 1 saturated heterocycles. The molecule has 0 aromatic rings. The molecule has 1 N–H and O–H groups in total. The maximum absolute atomic E-state index is 3.48. The van der Waals surface area contributed by atoms with Gasteiger partial charge in [-0.1, -0.05) is 20.3 Å². The number of likely N-dealkylation sites (tertiary alicyclic amines) is 1. The standard InChI is InChI=1S/C16H32N2/c1-12-8-9-15(11-13(12)2)18-10-6-5-7-16(18)14(3)17-4/h12-17H,5-11H2,1-4H3. The van der Waals surface area contributed by atoms with Crippen molar-refractivity contribution in [3.8, 4) is 0 Å². The third kappa shape index (κ3) is 3.08. The zero-order valence-electron chi connectivity index (χ0n) is 12.8. The van der Waals surface area contributed by atoms with Crippen LogP contribution in [0.1, 0.15) is 59.3 Å². The first kappa shape index (κ1) is 14.3. The Morgan fingerprint density at radius 2 is 1.83 bits per heavy atom. The van der Waals surface area contributed by atoms with Gasteiger partial charge in [0.25, 0.3) is 0 Å². The highest BCUT2D eigenvalue weighted by Gasteiger charge is 2.35. The molecule has 18 heavy (non-hydrogen) atoms. The summed E-state index contributed by atoms with van der Waals surface area (Å²) in [6, 6.07) is 2.27. The van der Waals surface area contributed by atoms with Crippen LogP contribution in [0.4, 0.5) is 0 Å². The zero-order chi connectivity index (χ0) is 13.1. The molecule has 0 aromatic carbocycles. The number of piperidine rings is 1. The van der Waals surface area contributed by atoms with Crippen molar-refractivity contribution in [1.82, 2.24) is 10.2 Å². The van der Waals surface area contributed by atoms with E-state index in [-0.39, 0.29) is 0 Å². The Labute approximate surface area is 114 Å². The normalized spacial score (nSPS) is 40.7. The molecular weight excluding hydrogens is 220 g/mol. The van der Waals surface area contributed by atoms with Crippen molar-refractivity contribution in [1.29, 1.82) is 0 Å². The molecule has 0 aromatic heterocycles. The molecule has 0 amide bonds. The van der Waals surface area contributed by atoms with E-state index in [1.54, 1.807) is 0 Å². The Morgan fingerprint density at radius 1 is 1.06 bits per heavy atom. The molecule has 1 aliphatic carbocycles. The molecule has 2 aliphatic rings. The minimum absolute atomic E-state index is 0.639. The first-order valence-corrected chi connectivity index (χ1v) is 8.06. The largest absolute Gasteiger partial charge is 0.316 e. The first-order chi connectivity index (χ1) is 8.63. The number of hydrogen-bond acceptors (Lipinski definition) is 2. The number of likely N-dealkylation sites (N-methyl/N-ethyl adjacent to an activating group) is 1. The summed E-state index contributed by atoms with van der Waals surface area (Å²) in [5, 5.41) is 3.48. The third-order valence-corrected chi connectivity index (χ3v) is 5.66. The smallest absolute Gasteiger partial charge is 0.0249 e. The number of nitrogens with one attached hydrogen (secondary N) is 1. The fourth-order valence-electron chi connectivity index (χ4n) is 3.98. The maximum atomic E-state index is 3.48. The van der Waals surface area contributed by atoms with Crippen LogP contribution in [-0.2, 0) is 0 Å². The molecule has 2 nitrogen and oxygen atoms in total. The molecule has 106 valence electrons. The van der Waals surface area contributed by atoms with Crippen molar-refractivity contribution in [2.45, 2.75) is 77.4 Å². The lowest BCUT2D eigenvalue weighted by molar-refractivity contribution is 0.0344. The Bertz CT molecular complexity index is 253. The van der Waals surface area contributed by atoms with Crippen LogP contribution in [0.25, 0.3) is 0 Å². The van der Waals surface area contributed by atoms with E-state index in [9.17, 15) is 0 Å². The summed E-state index contributed by atoms with van der Waals surface area (Å²) in [6.45, 7) is 8.59. The van der Waals surface area contributed by atoms with Crippen molar-refractivity contribution >= 4 is 0 Å². The predicted octanol–water partition coefficient (Wildman–Crippen LogP) is 3.27. The first-order valence-electron chi connectivity index (χ1n) is 8.06. The summed E-state index contributed by atoms with van der Waals surface area (Å²) >= 11 is 0. The highest BCUT2D eigenvalue weighted by Crippen LogP contribution is 2.35. The van der Waals surface area contributed by atoms with Crippen molar-refractivity contribution in [3.05, 3.63) is 0 Å². The molecule has 5 atom stereocenters. The van der Waals surface area contributed by atoms with Gasteiger partial charge in [0, 0.05) is 18.1 Å². The van der Waals surface area contributed by atoms with Crippen molar-refractivity contribution in [3.63, 3.8) is 0 Å². The lowest BCUT2D eigenvalue weighted by atomic mass is 9.77. The van der Waals surface area contributed by atoms with Gasteiger partial charge in [0.2, 0.25) is 0 Å². The molecule has 1 saturated carbocycles.